The van der Waals surface area contributed by atoms with E-state index in [2.05, 4.69) is 19.9 Å². The predicted octanol–water partition coefficient (Wildman–Crippen LogP) is 0.531. The van der Waals surface area contributed by atoms with Crippen molar-refractivity contribution in [3.8, 4) is 0 Å². The van der Waals surface area contributed by atoms with E-state index >= 15 is 0 Å². The molecule has 0 spiro atoms. The van der Waals surface area contributed by atoms with Gasteiger partial charge in [-0.15, -0.1) is 0 Å². The maximum absolute atomic E-state index is 12.7. The summed E-state index contributed by atoms with van der Waals surface area (Å²) in [6.45, 7) is 9.94. The first kappa shape index (κ1) is 19.3. The van der Waals surface area contributed by atoms with Crippen molar-refractivity contribution in [2.24, 2.45) is 5.92 Å². The van der Waals surface area contributed by atoms with Crippen LogP contribution in [0, 0.1) is 5.92 Å². The molecule has 0 saturated carbocycles. The number of carbonyl (C=O) groups excluding carboxylic acids is 2. The Balaban J connectivity index is 2.01. The minimum atomic E-state index is -2.23. The van der Waals surface area contributed by atoms with Crippen molar-refractivity contribution in [2.75, 3.05) is 19.7 Å². The first-order chi connectivity index (χ1) is 11.9. The number of rotatable bonds is 1. The van der Waals surface area contributed by atoms with Gasteiger partial charge in [-0.2, -0.15) is 0 Å². The molecule has 2 saturated heterocycles. The average molecular weight is 368 g/mol. The molecule has 0 aromatic heterocycles. The smallest absolute Gasteiger partial charge is 0.341 e. The van der Waals surface area contributed by atoms with Gasteiger partial charge in [-0.3, -0.25) is 4.79 Å². The van der Waals surface area contributed by atoms with Crippen LogP contribution in [0.1, 0.15) is 41.0 Å². The van der Waals surface area contributed by atoms with Gasteiger partial charge in [0.1, 0.15) is 12.2 Å². The summed E-state index contributed by atoms with van der Waals surface area (Å²) in [6.07, 6.45) is 2.47. The number of ether oxygens (including phenoxy) is 2. The molecular formula is C19H30NO6+. The van der Waals surface area contributed by atoms with Crippen molar-refractivity contribution < 1.29 is 33.8 Å². The molecule has 7 nitrogen and oxygen atoms in total. The van der Waals surface area contributed by atoms with Crippen molar-refractivity contribution in [3.63, 3.8) is 0 Å². The molecule has 0 aromatic carbocycles. The highest BCUT2D eigenvalue weighted by atomic mass is 16.6. The zero-order valence-corrected chi connectivity index (χ0v) is 16.2. The average Bonchev–Trinajstić information content (AvgIpc) is 3.10. The van der Waals surface area contributed by atoms with Gasteiger partial charge < -0.3 is 24.2 Å². The van der Waals surface area contributed by atoms with E-state index in [1.165, 1.54) is 20.8 Å². The summed E-state index contributed by atoms with van der Waals surface area (Å²) in [4.78, 5) is 25.2. The number of aliphatic hydroxyl groups is 2. The molecule has 0 amide bonds. The van der Waals surface area contributed by atoms with Gasteiger partial charge in [-0.25, -0.2) is 4.79 Å². The van der Waals surface area contributed by atoms with Crippen LogP contribution < -0.4 is 0 Å². The molecule has 7 heteroatoms. The van der Waals surface area contributed by atoms with E-state index in [9.17, 15) is 19.8 Å². The second-order valence-corrected chi connectivity index (χ2v) is 8.61. The minimum Gasteiger partial charge on any atom is -0.459 e. The molecule has 0 aromatic rings. The standard InChI is InChI=1S/C19H30NO6/c1-11(2)20-8-6-13-10-25-17(22)19(5,24)18(4,23)12(3)16(21)26-14(7-9-20)15(13)20/h6,11-12,14-15,23-24H,7-10H2,1-5H3/q+1/t12-,14+,15-,18+,19-,20?/m1/s1. The number of carbonyl (C=O) groups is 2. The van der Waals surface area contributed by atoms with Crippen molar-refractivity contribution in [3.05, 3.63) is 11.6 Å². The predicted molar refractivity (Wildman–Crippen MR) is 92.9 cm³/mol. The molecule has 3 heterocycles. The summed E-state index contributed by atoms with van der Waals surface area (Å²) in [5.41, 5.74) is -3.32. The zero-order chi connectivity index (χ0) is 19.5. The second-order valence-electron chi connectivity index (χ2n) is 8.61. The van der Waals surface area contributed by atoms with Crippen LogP contribution in [0.15, 0.2) is 11.6 Å². The van der Waals surface area contributed by atoms with Gasteiger partial charge in [0.15, 0.2) is 17.7 Å². The summed E-state index contributed by atoms with van der Waals surface area (Å²) < 4.78 is 12.0. The summed E-state index contributed by atoms with van der Waals surface area (Å²) in [7, 11) is 0. The van der Waals surface area contributed by atoms with Crippen LogP contribution in [0.2, 0.25) is 0 Å². The molecule has 6 atom stereocenters. The fourth-order valence-corrected chi connectivity index (χ4v) is 4.63. The van der Waals surface area contributed by atoms with E-state index < -0.39 is 29.1 Å². The highest BCUT2D eigenvalue weighted by molar-refractivity contribution is 5.83. The maximum atomic E-state index is 12.7. The van der Waals surface area contributed by atoms with E-state index in [1.54, 1.807) is 0 Å². The molecule has 3 aliphatic rings. The van der Waals surface area contributed by atoms with E-state index in [4.69, 9.17) is 9.47 Å². The van der Waals surface area contributed by atoms with Gasteiger partial charge in [0, 0.05) is 12.0 Å². The molecule has 2 N–H and O–H groups in total. The van der Waals surface area contributed by atoms with Crippen molar-refractivity contribution in [1.82, 2.24) is 0 Å². The highest BCUT2D eigenvalue weighted by Gasteiger charge is 2.59. The van der Waals surface area contributed by atoms with Crippen molar-refractivity contribution in [2.45, 2.75) is 70.4 Å². The Morgan fingerprint density at radius 1 is 1.27 bits per heavy atom. The van der Waals surface area contributed by atoms with Crippen LogP contribution >= 0.6 is 0 Å². The fraction of sp³-hybridized carbons (Fsp3) is 0.789. The Bertz CT molecular complexity index is 652. The van der Waals surface area contributed by atoms with E-state index in [0.717, 1.165) is 29.6 Å². The molecule has 2 fully saturated rings. The van der Waals surface area contributed by atoms with Gasteiger partial charge in [-0.1, -0.05) is 0 Å². The van der Waals surface area contributed by atoms with Crippen LogP contribution in [0.5, 0.6) is 0 Å². The third kappa shape index (κ3) is 2.52. The summed E-state index contributed by atoms with van der Waals surface area (Å²) in [5, 5.41) is 21.4. The minimum absolute atomic E-state index is 0.0326. The number of esters is 2. The third-order valence-electron chi connectivity index (χ3n) is 7.06. The molecule has 0 radical (unpaired) electrons. The van der Waals surface area contributed by atoms with Gasteiger partial charge >= 0.3 is 11.9 Å². The number of hydrogen-bond donors (Lipinski definition) is 2. The van der Waals surface area contributed by atoms with Crippen LogP contribution in [-0.4, -0.2) is 75.7 Å². The third-order valence-corrected chi connectivity index (χ3v) is 7.06. The van der Waals surface area contributed by atoms with Gasteiger partial charge in [0.2, 0.25) is 0 Å². The van der Waals surface area contributed by atoms with Crippen LogP contribution in [0.3, 0.4) is 0 Å². The maximum Gasteiger partial charge on any atom is 0.341 e. The largest absolute Gasteiger partial charge is 0.459 e. The Morgan fingerprint density at radius 2 is 1.92 bits per heavy atom. The Morgan fingerprint density at radius 3 is 2.54 bits per heavy atom. The first-order valence-electron chi connectivity index (χ1n) is 9.33. The number of cyclic esters (lactones) is 1. The zero-order valence-electron chi connectivity index (χ0n) is 16.2. The molecule has 3 rings (SSSR count). The lowest BCUT2D eigenvalue weighted by Gasteiger charge is -2.40. The lowest BCUT2D eigenvalue weighted by atomic mass is 9.76. The molecule has 146 valence electrons. The first-order valence-corrected chi connectivity index (χ1v) is 9.33. The molecule has 0 bridgehead atoms. The molecule has 3 aliphatic heterocycles. The SMILES string of the molecule is CC(C)[N+]12CC=C3COC(=O)[C@@](C)(O)[C@@](C)(O)[C@H](C)C(=O)O[C@@H](CC1)[C@@H]32. The van der Waals surface area contributed by atoms with Gasteiger partial charge in [0.25, 0.3) is 0 Å². The Labute approximate surface area is 154 Å². The normalized spacial score (nSPS) is 46.3. The van der Waals surface area contributed by atoms with E-state index in [-0.39, 0.29) is 18.8 Å². The van der Waals surface area contributed by atoms with Gasteiger partial charge in [-0.05, 0) is 40.7 Å². The summed E-state index contributed by atoms with van der Waals surface area (Å²) >= 11 is 0. The lowest BCUT2D eigenvalue weighted by Crippen LogP contribution is -2.61. The summed E-state index contributed by atoms with van der Waals surface area (Å²) in [5.74, 6) is -2.63. The second kappa shape index (κ2) is 6.04. The quantitative estimate of drug-likeness (QED) is 0.398. The highest BCUT2D eigenvalue weighted by Crippen LogP contribution is 2.42. The molecule has 1 unspecified atom stereocenters. The monoisotopic (exact) mass is 368 g/mol. The molecule has 26 heavy (non-hydrogen) atoms. The summed E-state index contributed by atoms with van der Waals surface area (Å²) in [6, 6.07) is 0.286. The Hall–Kier alpha value is -1.44. The lowest BCUT2D eigenvalue weighted by molar-refractivity contribution is -0.945. The van der Waals surface area contributed by atoms with Crippen molar-refractivity contribution >= 4 is 11.9 Å². The number of quaternary nitrogens is 1. The van der Waals surface area contributed by atoms with Crippen LogP contribution in [0.25, 0.3) is 0 Å². The van der Waals surface area contributed by atoms with E-state index in [0.29, 0.717) is 6.04 Å². The Kier molecular flexibility index (Phi) is 4.49. The topological polar surface area (TPSA) is 93.1 Å². The molecule has 0 aliphatic carbocycles. The van der Waals surface area contributed by atoms with Crippen molar-refractivity contribution in [1.29, 1.82) is 0 Å². The number of hydrogen-bond acceptors (Lipinski definition) is 6. The fourth-order valence-electron chi connectivity index (χ4n) is 4.63. The van der Waals surface area contributed by atoms with Crippen LogP contribution in [-0.2, 0) is 19.1 Å². The van der Waals surface area contributed by atoms with Gasteiger partial charge in [0.05, 0.1) is 25.0 Å². The number of nitrogens with zero attached hydrogens (tertiary/aromatic N) is 1. The molecular weight excluding hydrogens is 338 g/mol. The van der Waals surface area contributed by atoms with E-state index in [1.807, 2.05) is 0 Å². The van der Waals surface area contributed by atoms with Crippen LogP contribution in [0.4, 0.5) is 0 Å².